The zero-order chi connectivity index (χ0) is 23.2. The van der Waals surface area contributed by atoms with Gasteiger partial charge in [0.2, 0.25) is 16.8 Å². The molecule has 8 heteroatoms. The molecule has 1 N–H and O–H groups in total. The van der Waals surface area contributed by atoms with Crippen LogP contribution in [0.15, 0.2) is 47.4 Å². The van der Waals surface area contributed by atoms with E-state index < -0.39 is 10.0 Å². The smallest absolute Gasteiger partial charge is 0.243 e. The zero-order valence-electron chi connectivity index (χ0n) is 18.8. The minimum absolute atomic E-state index is 0.188. The first-order valence-corrected chi connectivity index (χ1v) is 12.8. The lowest BCUT2D eigenvalue weighted by atomic mass is 9.94. The minimum Gasteiger partial charge on any atom is -0.454 e. The van der Waals surface area contributed by atoms with Gasteiger partial charge in [0.25, 0.3) is 0 Å². The average molecular weight is 469 g/mol. The summed E-state index contributed by atoms with van der Waals surface area (Å²) in [4.78, 5) is 13.2. The maximum atomic E-state index is 13.1. The third kappa shape index (κ3) is 4.25. The van der Waals surface area contributed by atoms with Gasteiger partial charge in [0.05, 0.1) is 4.90 Å². The first-order valence-electron chi connectivity index (χ1n) is 11.3. The summed E-state index contributed by atoms with van der Waals surface area (Å²) < 4.78 is 38.7. The highest BCUT2D eigenvalue weighted by atomic mass is 32.2. The number of carbonyl (C=O) groups is 1. The first kappa shape index (κ1) is 22.0. The molecule has 0 amide bonds. The van der Waals surface area contributed by atoms with Crippen molar-refractivity contribution in [1.82, 2.24) is 9.62 Å². The number of piperidine rings is 1. The Morgan fingerprint density at radius 1 is 1.06 bits per heavy atom. The predicted molar refractivity (Wildman–Crippen MR) is 125 cm³/mol. The molecule has 2 aromatic rings. The minimum atomic E-state index is -3.57. The average Bonchev–Trinajstić information content (AvgIpc) is 3.25. The predicted octanol–water partition coefficient (Wildman–Crippen LogP) is 3.45. The van der Waals surface area contributed by atoms with E-state index in [-0.39, 0.29) is 17.5 Å². The van der Waals surface area contributed by atoms with Crippen molar-refractivity contribution in [2.75, 3.05) is 26.4 Å². The molecular formula is C25H28N2O5S. The van der Waals surface area contributed by atoms with Gasteiger partial charge < -0.3 is 14.8 Å². The Morgan fingerprint density at radius 3 is 2.42 bits per heavy atom. The van der Waals surface area contributed by atoms with Crippen molar-refractivity contribution >= 4 is 21.5 Å². The summed E-state index contributed by atoms with van der Waals surface area (Å²) in [6.07, 6.45) is 3.43. The lowest BCUT2D eigenvalue weighted by Gasteiger charge is -2.34. The topological polar surface area (TPSA) is 84.9 Å². The Hall–Kier alpha value is -2.84. The van der Waals surface area contributed by atoms with Gasteiger partial charge in [0.1, 0.15) is 0 Å². The number of sulfonamides is 1. The van der Waals surface area contributed by atoms with Crippen LogP contribution in [0.25, 0.3) is 5.70 Å². The second-order valence-electron chi connectivity index (χ2n) is 9.25. The second-order valence-corrected chi connectivity index (χ2v) is 11.2. The van der Waals surface area contributed by atoms with Crippen molar-refractivity contribution in [2.24, 2.45) is 11.8 Å². The number of ketones is 1. The molecule has 2 atom stereocenters. The van der Waals surface area contributed by atoms with Crippen LogP contribution in [0.4, 0.5) is 0 Å². The summed E-state index contributed by atoms with van der Waals surface area (Å²) in [6.45, 7) is 6.15. The van der Waals surface area contributed by atoms with Gasteiger partial charge in [-0.2, -0.15) is 4.31 Å². The van der Waals surface area contributed by atoms with E-state index in [9.17, 15) is 13.2 Å². The van der Waals surface area contributed by atoms with Gasteiger partial charge in [-0.25, -0.2) is 8.42 Å². The zero-order valence-corrected chi connectivity index (χ0v) is 19.7. The molecule has 0 saturated carbocycles. The molecule has 1 fully saturated rings. The van der Waals surface area contributed by atoms with Crippen LogP contribution < -0.4 is 14.8 Å². The molecule has 0 bridgehead atoms. The van der Waals surface area contributed by atoms with Gasteiger partial charge in [-0.3, -0.25) is 4.79 Å². The molecule has 0 aliphatic carbocycles. The fourth-order valence-electron chi connectivity index (χ4n) is 4.95. The number of fused-ring (bicyclic) bond motifs is 2. The molecule has 3 heterocycles. The molecule has 0 radical (unpaired) electrons. The number of nitrogens with one attached hydrogen (secondary N) is 1. The molecule has 0 aromatic heterocycles. The SMILES string of the molecule is C[C@H]1C[C@H](C)CN(S(=O)(=O)c2ccc(C(=O)/C=C3/NCCc4cc5c(cc43)OCO5)cc2)C1. The van der Waals surface area contributed by atoms with Crippen molar-refractivity contribution in [3.8, 4) is 11.5 Å². The van der Waals surface area contributed by atoms with Crippen molar-refractivity contribution in [3.63, 3.8) is 0 Å². The normalized spacial score (nSPS) is 23.8. The monoisotopic (exact) mass is 468 g/mol. The molecule has 3 aliphatic rings. The molecule has 2 aromatic carbocycles. The Morgan fingerprint density at radius 2 is 1.73 bits per heavy atom. The Bertz CT molecular complexity index is 1210. The van der Waals surface area contributed by atoms with Gasteiger partial charge >= 0.3 is 0 Å². The molecule has 3 aliphatic heterocycles. The fraction of sp³-hybridized carbons (Fsp3) is 0.400. The number of carbonyl (C=O) groups excluding carboxylic acids is 1. The summed E-state index contributed by atoms with van der Waals surface area (Å²) >= 11 is 0. The maximum Gasteiger partial charge on any atom is 0.243 e. The first-order chi connectivity index (χ1) is 15.8. The number of nitrogens with zero attached hydrogens (tertiary/aromatic N) is 1. The second kappa shape index (κ2) is 8.50. The van der Waals surface area contributed by atoms with E-state index in [0.717, 1.165) is 42.0 Å². The summed E-state index contributed by atoms with van der Waals surface area (Å²) in [7, 11) is -3.57. The van der Waals surface area contributed by atoms with Gasteiger partial charge in [-0.1, -0.05) is 13.8 Å². The van der Waals surface area contributed by atoms with Crippen molar-refractivity contribution in [1.29, 1.82) is 0 Å². The van der Waals surface area contributed by atoms with E-state index in [0.29, 0.717) is 36.2 Å². The lowest BCUT2D eigenvalue weighted by molar-refractivity contribution is 0.104. The quantitative estimate of drug-likeness (QED) is 0.547. The highest BCUT2D eigenvalue weighted by Gasteiger charge is 2.31. The standard InChI is InChI=1S/C25H28N2O5S/c1-16-9-17(2)14-27(13-16)33(29,30)20-5-3-18(4-6-20)23(28)12-22-21-11-25-24(31-15-32-25)10-19(21)7-8-26-22/h3-6,10-12,16-17,26H,7-9,13-15H2,1-2H3/b22-12+/t16-,17-/m0/s1. The van der Waals surface area contributed by atoms with E-state index in [2.05, 4.69) is 19.2 Å². The Kier molecular flexibility index (Phi) is 5.66. The van der Waals surface area contributed by atoms with E-state index in [1.165, 1.54) is 12.1 Å². The van der Waals surface area contributed by atoms with Gasteiger partial charge in [0.15, 0.2) is 17.3 Å². The van der Waals surface area contributed by atoms with Crippen LogP contribution in [0.5, 0.6) is 11.5 Å². The summed E-state index contributed by atoms with van der Waals surface area (Å²) in [5, 5.41) is 3.30. The molecule has 7 nitrogen and oxygen atoms in total. The van der Waals surface area contributed by atoms with Crippen molar-refractivity contribution < 1.29 is 22.7 Å². The van der Waals surface area contributed by atoms with Crippen molar-refractivity contribution in [2.45, 2.75) is 31.6 Å². The van der Waals surface area contributed by atoms with Crippen LogP contribution >= 0.6 is 0 Å². The number of hydrogen-bond acceptors (Lipinski definition) is 6. The summed E-state index contributed by atoms with van der Waals surface area (Å²) in [6, 6.07) is 10.1. The molecule has 0 spiro atoms. The molecule has 0 unspecified atom stereocenters. The molecular weight excluding hydrogens is 440 g/mol. The van der Waals surface area contributed by atoms with Crippen LogP contribution in [0, 0.1) is 11.8 Å². The van der Waals surface area contributed by atoms with E-state index in [4.69, 9.17) is 9.47 Å². The third-order valence-electron chi connectivity index (χ3n) is 6.49. The Balaban J connectivity index is 1.37. The van der Waals surface area contributed by atoms with Crippen LogP contribution in [0.2, 0.25) is 0 Å². The molecule has 174 valence electrons. The number of allylic oxidation sites excluding steroid dienone is 1. The molecule has 33 heavy (non-hydrogen) atoms. The largest absolute Gasteiger partial charge is 0.454 e. The Labute approximate surface area is 194 Å². The lowest BCUT2D eigenvalue weighted by Crippen LogP contribution is -2.42. The number of ether oxygens (including phenoxy) is 2. The number of rotatable bonds is 4. The van der Waals surface area contributed by atoms with E-state index in [1.54, 1.807) is 22.5 Å². The fourth-order valence-corrected chi connectivity index (χ4v) is 6.63. The molecule has 1 saturated heterocycles. The number of hydrogen-bond donors (Lipinski definition) is 1. The highest BCUT2D eigenvalue weighted by molar-refractivity contribution is 7.89. The summed E-state index contributed by atoms with van der Waals surface area (Å²) in [5.41, 5.74) is 3.19. The summed E-state index contributed by atoms with van der Waals surface area (Å²) in [5.74, 6) is 1.88. The van der Waals surface area contributed by atoms with Crippen LogP contribution in [-0.2, 0) is 16.4 Å². The van der Waals surface area contributed by atoms with Gasteiger partial charge in [-0.15, -0.1) is 0 Å². The highest BCUT2D eigenvalue weighted by Crippen LogP contribution is 2.38. The van der Waals surface area contributed by atoms with Crippen LogP contribution in [0.3, 0.4) is 0 Å². The van der Waals surface area contributed by atoms with Crippen LogP contribution in [0.1, 0.15) is 41.8 Å². The number of benzene rings is 2. The van der Waals surface area contributed by atoms with E-state index >= 15 is 0 Å². The molecule has 5 rings (SSSR count). The maximum absolute atomic E-state index is 13.1. The van der Waals surface area contributed by atoms with Crippen molar-refractivity contribution in [3.05, 3.63) is 59.2 Å². The van der Waals surface area contributed by atoms with E-state index in [1.807, 2.05) is 12.1 Å². The van der Waals surface area contributed by atoms with Gasteiger partial charge in [-0.05, 0) is 66.6 Å². The van der Waals surface area contributed by atoms with Crippen LogP contribution in [-0.4, -0.2) is 44.9 Å². The van der Waals surface area contributed by atoms with Gasteiger partial charge in [0, 0.05) is 42.5 Å². The third-order valence-corrected chi connectivity index (χ3v) is 8.33.